The number of carbonyl (C=O) groups is 1. The average molecular weight is 371 g/mol. The predicted molar refractivity (Wildman–Crippen MR) is 99.3 cm³/mol. The van der Waals surface area contributed by atoms with E-state index in [2.05, 4.69) is 27.2 Å². The van der Waals surface area contributed by atoms with Crippen LogP contribution < -0.4 is 5.32 Å². The number of nitrogens with one attached hydrogen (secondary N) is 1. The van der Waals surface area contributed by atoms with Crippen LogP contribution in [0.25, 0.3) is 11.3 Å². The highest BCUT2D eigenvalue weighted by Gasteiger charge is 2.22. The number of anilines is 1. The molecule has 9 heteroatoms. The molecule has 0 spiro atoms. The van der Waals surface area contributed by atoms with Crippen LogP contribution in [-0.4, -0.2) is 52.6 Å². The van der Waals surface area contributed by atoms with Crippen molar-refractivity contribution in [1.82, 2.24) is 14.9 Å². The van der Waals surface area contributed by atoms with Crippen LogP contribution in [0.5, 0.6) is 0 Å². The van der Waals surface area contributed by atoms with Crippen LogP contribution >= 0.6 is 0 Å². The van der Waals surface area contributed by atoms with Crippen molar-refractivity contribution in [3.05, 3.63) is 46.8 Å². The Bertz CT molecular complexity index is 807. The lowest BCUT2D eigenvalue weighted by atomic mass is 9.98. The summed E-state index contributed by atoms with van der Waals surface area (Å²) in [5, 5.41) is 13.6. The number of carbonyl (C=O) groups excluding carboxylic acids is 1. The van der Waals surface area contributed by atoms with E-state index in [1.54, 1.807) is 24.5 Å². The molecule has 0 atom stereocenters. The smallest absolute Gasteiger partial charge is 0.413 e. The quantitative estimate of drug-likeness (QED) is 0.635. The Hall–Kier alpha value is -3.07. The lowest BCUT2D eigenvalue weighted by molar-refractivity contribution is -0.384. The van der Waals surface area contributed by atoms with E-state index < -0.39 is 11.0 Å². The Morgan fingerprint density at radius 3 is 2.81 bits per heavy atom. The number of likely N-dealkylation sites (tertiary alicyclic amines) is 1. The van der Waals surface area contributed by atoms with E-state index in [1.807, 2.05) is 0 Å². The number of aromatic nitrogens is 2. The Kier molecular flexibility index (Phi) is 5.92. The minimum absolute atomic E-state index is 0.144. The monoisotopic (exact) mass is 371 g/mol. The van der Waals surface area contributed by atoms with Crippen LogP contribution in [-0.2, 0) is 4.74 Å². The highest BCUT2D eigenvalue weighted by Crippen LogP contribution is 2.27. The van der Waals surface area contributed by atoms with Gasteiger partial charge in [0.05, 0.1) is 17.2 Å². The number of pyridine rings is 2. The van der Waals surface area contributed by atoms with E-state index in [9.17, 15) is 14.9 Å². The molecule has 0 aliphatic carbocycles. The van der Waals surface area contributed by atoms with E-state index >= 15 is 0 Å². The number of piperidine rings is 1. The number of hydrogen-bond donors (Lipinski definition) is 1. The number of nitrogens with zero attached hydrogens (tertiary/aromatic N) is 4. The zero-order valence-electron chi connectivity index (χ0n) is 15.0. The lowest BCUT2D eigenvalue weighted by Gasteiger charge is -2.28. The highest BCUT2D eigenvalue weighted by atomic mass is 16.6. The van der Waals surface area contributed by atoms with Gasteiger partial charge in [0.1, 0.15) is 0 Å². The van der Waals surface area contributed by atoms with Gasteiger partial charge in [0.2, 0.25) is 5.82 Å². The summed E-state index contributed by atoms with van der Waals surface area (Å²) in [7, 11) is 2.06. The fourth-order valence-corrected chi connectivity index (χ4v) is 2.92. The van der Waals surface area contributed by atoms with Crippen LogP contribution in [0.15, 0.2) is 36.7 Å². The highest BCUT2D eigenvalue weighted by molar-refractivity contribution is 5.86. The number of rotatable bonds is 5. The number of hydrogen-bond acceptors (Lipinski definition) is 7. The second-order valence-corrected chi connectivity index (χ2v) is 6.53. The van der Waals surface area contributed by atoms with Crippen molar-refractivity contribution in [3.63, 3.8) is 0 Å². The summed E-state index contributed by atoms with van der Waals surface area (Å²) in [6, 6.07) is 6.34. The Morgan fingerprint density at radius 2 is 2.15 bits per heavy atom. The maximum absolute atomic E-state index is 12.1. The molecule has 1 aliphatic rings. The summed E-state index contributed by atoms with van der Waals surface area (Å²) in [5.74, 6) is 0.159. The molecule has 0 saturated carbocycles. The van der Waals surface area contributed by atoms with E-state index in [1.165, 1.54) is 12.1 Å². The molecule has 0 aromatic carbocycles. The molecule has 3 heterocycles. The molecule has 0 radical (unpaired) electrons. The van der Waals surface area contributed by atoms with Crippen molar-refractivity contribution < 1.29 is 14.5 Å². The standard InChI is InChI=1S/C18H21N5O4/c1-22-9-6-13(7-10-22)12-27-18(24)21-17-16(23(25)26)5-4-15(20-17)14-3-2-8-19-11-14/h2-5,8,11,13H,6-7,9-10,12H2,1H3,(H,20,21,24). The van der Waals surface area contributed by atoms with Crippen LogP contribution in [0.4, 0.5) is 16.3 Å². The van der Waals surface area contributed by atoms with Gasteiger partial charge < -0.3 is 9.64 Å². The molecule has 0 bridgehead atoms. The first-order chi connectivity index (χ1) is 13.0. The van der Waals surface area contributed by atoms with Crippen LogP contribution in [0.2, 0.25) is 0 Å². The topological polar surface area (TPSA) is 110 Å². The Labute approximate surface area is 156 Å². The molecule has 0 unspecified atom stereocenters. The number of amides is 1. The molecule has 1 aliphatic heterocycles. The van der Waals surface area contributed by atoms with Gasteiger partial charge in [-0.05, 0) is 57.1 Å². The fourth-order valence-electron chi connectivity index (χ4n) is 2.92. The summed E-state index contributed by atoms with van der Waals surface area (Å²) >= 11 is 0. The van der Waals surface area contributed by atoms with Crippen molar-refractivity contribution in [2.24, 2.45) is 5.92 Å². The zero-order valence-corrected chi connectivity index (χ0v) is 15.0. The Balaban J connectivity index is 1.68. The third-order valence-corrected chi connectivity index (χ3v) is 4.54. The minimum atomic E-state index is -0.743. The van der Waals surface area contributed by atoms with Gasteiger partial charge in [0, 0.05) is 24.0 Å². The number of nitro groups is 1. The molecule has 3 rings (SSSR count). The maximum atomic E-state index is 12.1. The molecule has 1 fully saturated rings. The second-order valence-electron chi connectivity index (χ2n) is 6.53. The van der Waals surface area contributed by atoms with E-state index in [0.717, 1.165) is 25.9 Å². The summed E-state index contributed by atoms with van der Waals surface area (Å²) in [6.07, 6.45) is 4.38. The number of ether oxygens (including phenoxy) is 1. The third kappa shape index (κ3) is 4.98. The van der Waals surface area contributed by atoms with Crippen molar-refractivity contribution in [2.45, 2.75) is 12.8 Å². The summed E-state index contributed by atoms with van der Waals surface area (Å²) in [6.45, 7) is 2.22. The van der Waals surface area contributed by atoms with Crippen LogP contribution in [0.3, 0.4) is 0 Å². The molecule has 1 saturated heterocycles. The molecule has 27 heavy (non-hydrogen) atoms. The lowest BCUT2D eigenvalue weighted by Crippen LogP contribution is -2.32. The third-order valence-electron chi connectivity index (χ3n) is 4.54. The predicted octanol–water partition coefficient (Wildman–Crippen LogP) is 2.94. The SMILES string of the molecule is CN1CCC(COC(=O)Nc2nc(-c3cccnc3)ccc2[N+](=O)[O-])CC1. The molecular formula is C18H21N5O4. The van der Waals surface area contributed by atoms with Crippen molar-refractivity contribution in [2.75, 3.05) is 32.1 Å². The molecule has 2 aromatic heterocycles. The molecule has 1 amide bonds. The first kappa shape index (κ1) is 18.7. The summed E-state index contributed by atoms with van der Waals surface area (Å²) in [5.41, 5.74) is 0.869. The van der Waals surface area contributed by atoms with Gasteiger partial charge in [-0.1, -0.05) is 0 Å². The minimum Gasteiger partial charge on any atom is -0.449 e. The molecule has 9 nitrogen and oxygen atoms in total. The van der Waals surface area contributed by atoms with E-state index in [0.29, 0.717) is 17.2 Å². The van der Waals surface area contributed by atoms with E-state index in [-0.39, 0.29) is 18.1 Å². The van der Waals surface area contributed by atoms with Crippen LogP contribution in [0.1, 0.15) is 12.8 Å². The second kappa shape index (κ2) is 8.54. The maximum Gasteiger partial charge on any atom is 0.413 e. The van der Waals surface area contributed by atoms with E-state index in [4.69, 9.17) is 4.74 Å². The van der Waals surface area contributed by atoms with Gasteiger partial charge in [-0.2, -0.15) is 0 Å². The van der Waals surface area contributed by atoms with Crippen molar-refractivity contribution in [1.29, 1.82) is 0 Å². The van der Waals surface area contributed by atoms with Gasteiger partial charge >= 0.3 is 11.8 Å². The van der Waals surface area contributed by atoms with Gasteiger partial charge in [-0.25, -0.2) is 9.78 Å². The first-order valence-electron chi connectivity index (χ1n) is 8.71. The largest absolute Gasteiger partial charge is 0.449 e. The van der Waals surface area contributed by atoms with Gasteiger partial charge in [0.25, 0.3) is 0 Å². The molecule has 142 valence electrons. The molecule has 2 aromatic rings. The average Bonchev–Trinajstić information content (AvgIpc) is 2.68. The van der Waals surface area contributed by atoms with Crippen LogP contribution in [0, 0.1) is 16.0 Å². The molecular weight excluding hydrogens is 350 g/mol. The normalized spacial score (nSPS) is 15.3. The van der Waals surface area contributed by atoms with Crippen molar-refractivity contribution in [3.8, 4) is 11.3 Å². The Morgan fingerprint density at radius 1 is 1.37 bits per heavy atom. The van der Waals surface area contributed by atoms with Gasteiger partial charge in [-0.15, -0.1) is 0 Å². The first-order valence-corrected chi connectivity index (χ1v) is 8.71. The van der Waals surface area contributed by atoms with Gasteiger partial charge in [0.15, 0.2) is 0 Å². The summed E-state index contributed by atoms with van der Waals surface area (Å²) in [4.78, 5) is 33.2. The van der Waals surface area contributed by atoms with Crippen molar-refractivity contribution >= 4 is 17.6 Å². The van der Waals surface area contributed by atoms with Gasteiger partial charge in [-0.3, -0.25) is 20.4 Å². The summed E-state index contributed by atoms with van der Waals surface area (Å²) < 4.78 is 5.26. The molecule has 1 N–H and O–H groups in total. The zero-order chi connectivity index (χ0) is 19.2. The fraction of sp³-hybridized carbons (Fsp3) is 0.389.